The average Bonchev–Trinajstić information content (AvgIpc) is 2.04. The topological polar surface area (TPSA) is 50.9 Å². The molecule has 58 valence electrons. The second-order valence-electron chi connectivity index (χ2n) is 2.06. The van der Waals surface area contributed by atoms with Gasteiger partial charge in [0.15, 0.2) is 11.5 Å². The third-order valence-electron chi connectivity index (χ3n) is 1.35. The number of benzene rings is 1. The van der Waals surface area contributed by atoms with Crippen LogP contribution in [-0.2, 0) is 0 Å². The van der Waals surface area contributed by atoms with E-state index in [4.69, 9.17) is 14.6 Å². The average molecular weight is 153 g/mol. The van der Waals surface area contributed by atoms with E-state index in [9.17, 15) is 0 Å². The first-order valence-electron chi connectivity index (χ1n) is 3.12. The highest BCUT2D eigenvalue weighted by Gasteiger charge is 2.02. The van der Waals surface area contributed by atoms with Crippen molar-refractivity contribution in [3.05, 3.63) is 23.8 Å². The molecule has 0 saturated heterocycles. The molecule has 0 fully saturated rings. The largest absolute Gasteiger partial charge is 0.504 e. The van der Waals surface area contributed by atoms with Crippen LogP contribution in [0, 0.1) is 0 Å². The molecule has 0 aliphatic heterocycles. The van der Waals surface area contributed by atoms with Crippen molar-refractivity contribution in [3.63, 3.8) is 0 Å². The van der Waals surface area contributed by atoms with Crippen LogP contribution in [-0.4, -0.2) is 23.3 Å². The summed E-state index contributed by atoms with van der Waals surface area (Å²) in [6.07, 6.45) is 0.916. The number of ether oxygens (including phenoxy) is 1. The van der Waals surface area contributed by atoms with E-state index >= 15 is 0 Å². The van der Waals surface area contributed by atoms with Gasteiger partial charge in [-0.25, -0.2) is 0 Å². The summed E-state index contributed by atoms with van der Waals surface area (Å²) in [7, 11) is 1.47. The summed E-state index contributed by atoms with van der Waals surface area (Å²) in [5.41, 5.74) is 0.545. The lowest BCUT2D eigenvalue weighted by molar-refractivity contribution is 0.373. The number of rotatable bonds is 2. The van der Waals surface area contributed by atoms with Crippen LogP contribution in [0.1, 0.15) is 5.56 Å². The Labute approximate surface area is 64.2 Å². The number of aromatic hydroxyl groups is 1. The lowest BCUT2D eigenvalue weighted by atomic mass is 10.2. The maximum absolute atomic E-state index is 9.17. The SMILES string of the molecule is COc1ccc(C=[OH+])cc1O. The van der Waals surface area contributed by atoms with Crippen LogP contribution in [0.25, 0.3) is 0 Å². The lowest BCUT2D eigenvalue weighted by Crippen LogP contribution is -1.85. The van der Waals surface area contributed by atoms with Gasteiger partial charge in [0.1, 0.15) is 0 Å². The first-order chi connectivity index (χ1) is 5.27. The second kappa shape index (κ2) is 3.05. The summed E-state index contributed by atoms with van der Waals surface area (Å²) in [6.45, 7) is 0. The minimum Gasteiger partial charge on any atom is -0.504 e. The van der Waals surface area contributed by atoms with E-state index in [1.807, 2.05) is 0 Å². The van der Waals surface area contributed by atoms with E-state index in [0.29, 0.717) is 11.3 Å². The summed E-state index contributed by atoms with van der Waals surface area (Å²) in [5.74, 6) is 0.422. The van der Waals surface area contributed by atoms with Gasteiger partial charge in [-0.1, -0.05) is 0 Å². The Hall–Kier alpha value is -1.51. The van der Waals surface area contributed by atoms with E-state index < -0.39 is 0 Å². The summed E-state index contributed by atoms with van der Waals surface area (Å²) >= 11 is 0. The van der Waals surface area contributed by atoms with Gasteiger partial charge in [0.2, 0.25) is 0 Å². The third-order valence-corrected chi connectivity index (χ3v) is 1.35. The maximum Gasteiger partial charge on any atom is 0.312 e. The second-order valence-corrected chi connectivity index (χ2v) is 2.06. The van der Waals surface area contributed by atoms with Gasteiger partial charge >= 0.3 is 6.29 Å². The first-order valence-corrected chi connectivity index (χ1v) is 3.12. The lowest BCUT2D eigenvalue weighted by Gasteiger charge is -2.00. The minimum atomic E-state index is 0.0234. The molecule has 0 spiro atoms. The van der Waals surface area contributed by atoms with Crippen LogP contribution in [0.2, 0.25) is 0 Å². The van der Waals surface area contributed by atoms with Gasteiger partial charge in [-0.05, 0) is 18.2 Å². The van der Waals surface area contributed by atoms with Gasteiger partial charge in [0, 0.05) is 0 Å². The third kappa shape index (κ3) is 1.49. The predicted octanol–water partition coefficient (Wildman–Crippen LogP) is 0.924. The maximum atomic E-state index is 9.17. The van der Waals surface area contributed by atoms with Gasteiger partial charge in [-0.2, -0.15) is 0 Å². The molecule has 3 heteroatoms. The van der Waals surface area contributed by atoms with Crippen LogP contribution in [0.4, 0.5) is 0 Å². The molecule has 0 aliphatic carbocycles. The van der Waals surface area contributed by atoms with Crippen molar-refractivity contribution >= 4 is 6.29 Å². The molecule has 1 aromatic carbocycles. The van der Waals surface area contributed by atoms with Crippen molar-refractivity contribution in [1.82, 2.24) is 0 Å². The molecule has 1 aromatic rings. The fourth-order valence-electron chi connectivity index (χ4n) is 0.787. The molecular weight excluding hydrogens is 144 g/mol. The molecule has 1 rings (SSSR count). The number of methoxy groups -OCH3 is 1. The molecule has 0 bridgehead atoms. The van der Waals surface area contributed by atoms with Crippen molar-refractivity contribution in [2.45, 2.75) is 0 Å². The van der Waals surface area contributed by atoms with Gasteiger partial charge in [0.25, 0.3) is 0 Å². The number of hydrogen-bond donors (Lipinski definition) is 1. The summed E-state index contributed by atoms with van der Waals surface area (Å²) in [4.78, 5) is 8.55. The highest BCUT2D eigenvalue weighted by molar-refractivity contribution is 5.76. The number of hydrogen-bond acceptors (Lipinski definition) is 2. The number of phenols is 1. The van der Waals surface area contributed by atoms with Gasteiger partial charge in [-0.15, -0.1) is 0 Å². The van der Waals surface area contributed by atoms with Crippen molar-refractivity contribution in [2.75, 3.05) is 7.11 Å². The van der Waals surface area contributed by atoms with E-state index in [0.717, 1.165) is 6.29 Å². The van der Waals surface area contributed by atoms with Gasteiger partial charge in [-0.3, -0.25) is 4.79 Å². The molecule has 0 radical (unpaired) electrons. The summed E-state index contributed by atoms with van der Waals surface area (Å²) in [6, 6.07) is 4.63. The number of phenolic OH excluding ortho intramolecular Hbond substituents is 1. The molecule has 0 aromatic heterocycles. The van der Waals surface area contributed by atoms with Crippen LogP contribution in [0.5, 0.6) is 11.5 Å². The van der Waals surface area contributed by atoms with E-state index in [2.05, 4.69) is 0 Å². The van der Waals surface area contributed by atoms with Crippen molar-refractivity contribution in [2.24, 2.45) is 0 Å². The van der Waals surface area contributed by atoms with E-state index in [1.54, 1.807) is 12.1 Å². The standard InChI is InChI=1S/C8H8O3/c1-11-8-3-2-6(5-9)4-7(8)10/h2-5,10H,1H3/p+1. The van der Waals surface area contributed by atoms with Crippen LogP contribution < -0.4 is 4.74 Å². The monoisotopic (exact) mass is 153 g/mol. The molecule has 0 atom stereocenters. The van der Waals surface area contributed by atoms with Crippen LogP contribution in [0.15, 0.2) is 18.2 Å². The van der Waals surface area contributed by atoms with Gasteiger partial charge < -0.3 is 9.84 Å². The quantitative estimate of drug-likeness (QED) is 0.507. The zero-order valence-corrected chi connectivity index (χ0v) is 6.11. The molecule has 11 heavy (non-hydrogen) atoms. The van der Waals surface area contributed by atoms with Crippen molar-refractivity contribution < 1.29 is 14.6 Å². The smallest absolute Gasteiger partial charge is 0.312 e. The number of carbonyl (C=O) groups excluding carboxylic acids is 1. The highest BCUT2D eigenvalue weighted by atomic mass is 16.5. The Kier molecular flexibility index (Phi) is 2.11. The van der Waals surface area contributed by atoms with Gasteiger partial charge in [0.05, 0.1) is 12.7 Å². The Balaban J connectivity index is 3.09. The molecule has 0 heterocycles. The molecule has 0 amide bonds. The molecule has 0 saturated carbocycles. The Morgan fingerprint density at radius 1 is 1.55 bits per heavy atom. The highest BCUT2D eigenvalue weighted by Crippen LogP contribution is 2.25. The van der Waals surface area contributed by atoms with E-state index in [1.165, 1.54) is 13.2 Å². The number of aldehydes is 1. The fourth-order valence-corrected chi connectivity index (χ4v) is 0.787. The van der Waals surface area contributed by atoms with Crippen molar-refractivity contribution in [1.29, 1.82) is 0 Å². The normalized spacial score (nSPS) is 9.18. The van der Waals surface area contributed by atoms with E-state index in [-0.39, 0.29) is 5.75 Å². The Morgan fingerprint density at radius 2 is 2.27 bits per heavy atom. The van der Waals surface area contributed by atoms with Crippen LogP contribution in [0.3, 0.4) is 0 Å². The summed E-state index contributed by atoms with van der Waals surface area (Å²) < 4.78 is 4.80. The first kappa shape index (κ1) is 7.60. The zero-order valence-electron chi connectivity index (χ0n) is 6.11. The van der Waals surface area contributed by atoms with Crippen molar-refractivity contribution in [3.8, 4) is 11.5 Å². The zero-order chi connectivity index (χ0) is 8.27. The summed E-state index contributed by atoms with van der Waals surface area (Å²) in [5, 5.41) is 9.17. The molecular formula is C8H9O3+. The molecule has 0 aliphatic rings. The molecule has 2 N–H and O–H groups in total. The molecule has 0 unspecified atom stereocenters. The van der Waals surface area contributed by atoms with Crippen LogP contribution >= 0.6 is 0 Å². The Morgan fingerprint density at radius 3 is 2.73 bits per heavy atom. The fraction of sp³-hybridized carbons (Fsp3) is 0.125. The molecule has 3 nitrogen and oxygen atoms in total. The minimum absolute atomic E-state index is 0.0234. The Bertz CT molecular complexity index is 268. The predicted molar refractivity (Wildman–Crippen MR) is 41.8 cm³/mol.